The zero-order chi connectivity index (χ0) is 23.1. The molecule has 0 spiro atoms. The summed E-state index contributed by atoms with van der Waals surface area (Å²) in [5, 5.41) is 3.28. The Labute approximate surface area is 205 Å². The van der Waals surface area contributed by atoms with E-state index in [0.29, 0.717) is 39.9 Å². The van der Waals surface area contributed by atoms with Gasteiger partial charge in [0, 0.05) is 23.0 Å². The van der Waals surface area contributed by atoms with Gasteiger partial charge >= 0.3 is 0 Å². The Balaban J connectivity index is 1.54. The summed E-state index contributed by atoms with van der Waals surface area (Å²) in [6, 6.07) is 14.9. The molecule has 0 radical (unpaired) electrons. The molecule has 1 atom stereocenters. The van der Waals surface area contributed by atoms with E-state index in [0.717, 1.165) is 12.0 Å². The summed E-state index contributed by atoms with van der Waals surface area (Å²) in [7, 11) is 0. The van der Waals surface area contributed by atoms with E-state index >= 15 is 0 Å². The largest absolute Gasteiger partial charge is 0.337 e. The highest BCUT2D eigenvalue weighted by atomic mass is 35.5. The fraction of sp³-hybridized carbons (Fsp3) is 0.240. The number of aromatic nitrogens is 2. The van der Waals surface area contributed by atoms with Crippen molar-refractivity contribution in [3.05, 3.63) is 85.3 Å². The summed E-state index contributed by atoms with van der Waals surface area (Å²) < 4.78 is 1.59. The zero-order valence-electron chi connectivity index (χ0n) is 18.2. The Hall–Kier alpha value is -2.61. The Morgan fingerprint density at radius 1 is 1.18 bits per heavy atom. The highest BCUT2D eigenvalue weighted by Crippen LogP contribution is 2.31. The number of rotatable bonds is 4. The van der Waals surface area contributed by atoms with Crippen LogP contribution in [0.15, 0.2) is 63.9 Å². The molecule has 2 aromatic carbocycles. The van der Waals surface area contributed by atoms with Gasteiger partial charge in [-0.3, -0.25) is 14.2 Å². The van der Waals surface area contributed by atoms with Crippen molar-refractivity contribution >= 4 is 51.5 Å². The molecule has 0 bridgehead atoms. The van der Waals surface area contributed by atoms with Crippen LogP contribution in [0.5, 0.6) is 0 Å². The molecule has 5 nitrogen and oxygen atoms in total. The van der Waals surface area contributed by atoms with Crippen molar-refractivity contribution in [1.29, 1.82) is 0 Å². The zero-order valence-corrected chi connectivity index (χ0v) is 20.6. The second-order valence-electron chi connectivity index (χ2n) is 8.07. The fourth-order valence-electron chi connectivity index (χ4n) is 4.14. The first kappa shape index (κ1) is 22.2. The first-order valence-corrected chi connectivity index (χ1v) is 12.9. The number of carbonyl (C=O) groups is 1. The lowest BCUT2D eigenvalue weighted by molar-refractivity contribution is -0.131. The molecule has 1 amide bonds. The van der Waals surface area contributed by atoms with Gasteiger partial charge in [-0.1, -0.05) is 41.6 Å². The Morgan fingerprint density at radius 3 is 2.85 bits per heavy atom. The van der Waals surface area contributed by atoms with E-state index in [1.54, 1.807) is 28.0 Å². The molecule has 1 aliphatic rings. The fourth-order valence-corrected chi connectivity index (χ4v) is 6.21. The maximum absolute atomic E-state index is 13.5. The quantitative estimate of drug-likeness (QED) is 0.278. The number of para-hydroxylation sites is 1. The molecule has 0 saturated carbocycles. The second-order valence-corrected chi connectivity index (χ2v) is 10.8. The number of halogens is 1. The first-order chi connectivity index (χ1) is 15.9. The van der Waals surface area contributed by atoms with Crippen LogP contribution < -0.4 is 5.56 Å². The number of hydrogen-bond donors (Lipinski definition) is 0. The topological polar surface area (TPSA) is 55.2 Å². The van der Waals surface area contributed by atoms with Crippen LogP contribution >= 0.6 is 34.7 Å². The molecule has 0 aliphatic carbocycles. The van der Waals surface area contributed by atoms with Crippen molar-refractivity contribution in [2.24, 2.45) is 0 Å². The van der Waals surface area contributed by atoms with Crippen LogP contribution in [-0.4, -0.2) is 32.2 Å². The molecule has 8 heteroatoms. The standard InChI is InChI=1S/C25H22ClN3O2S2/c1-15-19(26)7-5-9-21(15)29-24(31)18-6-3-4-8-20(18)27-25(29)33-16(2)23(30)28-12-10-22-17(14-28)11-13-32-22/h3-9,11,13,16H,10,12,14H2,1-2H3. The van der Waals surface area contributed by atoms with Crippen molar-refractivity contribution in [2.75, 3.05) is 6.54 Å². The van der Waals surface area contributed by atoms with E-state index in [4.69, 9.17) is 16.6 Å². The van der Waals surface area contributed by atoms with Crippen LogP contribution in [0.2, 0.25) is 5.02 Å². The Kier molecular flexibility index (Phi) is 6.03. The summed E-state index contributed by atoms with van der Waals surface area (Å²) in [5.74, 6) is 0.0497. The van der Waals surface area contributed by atoms with Gasteiger partial charge < -0.3 is 4.90 Å². The van der Waals surface area contributed by atoms with Gasteiger partial charge in [0.05, 0.1) is 21.8 Å². The van der Waals surface area contributed by atoms with Gasteiger partial charge in [-0.2, -0.15) is 0 Å². The van der Waals surface area contributed by atoms with Gasteiger partial charge in [0.1, 0.15) is 0 Å². The number of fused-ring (bicyclic) bond motifs is 2. The number of benzene rings is 2. The lowest BCUT2D eigenvalue weighted by Gasteiger charge is -2.29. The van der Waals surface area contributed by atoms with Crippen molar-refractivity contribution in [2.45, 2.75) is 37.2 Å². The maximum atomic E-state index is 13.5. The van der Waals surface area contributed by atoms with Crippen LogP contribution in [0.3, 0.4) is 0 Å². The van der Waals surface area contributed by atoms with Crippen molar-refractivity contribution in [3.63, 3.8) is 0 Å². The average molecular weight is 496 g/mol. The third-order valence-corrected chi connectivity index (χ3v) is 8.45. The minimum Gasteiger partial charge on any atom is -0.337 e. The summed E-state index contributed by atoms with van der Waals surface area (Å²) in [4.78, 5) is 34.9. The summed E-state index contributed by atoms with van der Waals surface area (Å²) in [6.45, 7) is 5.11. The molecule has 0 saturated heterocycles. The number of carbonyl (C=O) groups excluding carboxylic acids is 1. The van der Waals surface area contributed by atoms with Crippen LogP contribution in [-0.2, 0) is 17.8 Å². The lowest BCUT2D eigenvalue weighted by Crippen LogP contribution is -2.40. The van der Waals surface area contributed by atoms with Crippen LogP contribution in [0.1, 0.15) is 22.9 Å². The molecule has 0 fully saturated rings. The molecular weight excluding hydrogens is 474 g/mol. The number of thioether (sulfide) groups is 1. The Morgan fingerprint density at radius 2 is 2.00 bits per heavy atom. The monoisotopic (exact) mass is 495 g/mol. The summed E-state index contributed by atoms with van der Waals surface area (Å²) in [6.07, 6.45) is 0.886. The molecule has 33 heavy (non-hydrogen) atoms. The summed E-state index contributed by atoms with van der Waals surface area (Å²) in [5.41, 5.74) is 3.14. The molecule has 168 valence electrons. The number of thiophene rings is 1. The third-order valence-electron chi connectivity index (χ3n) is 5.97. The normalized spacial score (nSPS) is 14.3. The predicted octanol–water partition coefficient (Wildman–Crippen LogP) is 5.47. The van der Waals surface area contributed by atoms with Crippen molar-refractivity contribution < 1.29 is 4.79 Å². The van der Waals surface area contributed by atoms with Gasteiger partial charge in [-0.05, 0) is 67.1 Å². The minimum atomic E-state index is -0.399. The summed E-state index contributed by atoms with van der Waals surface area (Å²) >= 11 is 9.44. The van der Waals surface area contributed by atoms with Crippen LogP contribution in [0.4, 0.5) is 0 Å². The molecule has 5 rings (SSSR count). The molecule has 0 N–H and O–H groups in total. The number of amides is 1. The number of hydrogen-bond acceptors (Lipinski definition) is 5. The Bertz CT molecular complexity index is 1430. The van der Waals surface area contributed by atoms with E-state index in [9.17, 15) is 9.59 Å². The van der Waals surface area contributed by atoms with Gasteiger partial charge in [-0.15, -0.1) is 11.3 Å². The van der Waals surface area contributed by atoms with E-state index in [1.165, 1.54) is 22.2 Å². The maximum Gasteiger partial charge on any atom is 0.266 e. The van der Waals surface area contributed by atoms with Crippen molar-refractivity contribution in [1.82, 2.24) is 14.5 Å². The van der Waals surface area contributed by atoms with E-state index in [1.807, 2.05) is 49.1 Å². The van der Waals surface area contributed by atoms with Gasteiger partial charge in [0.25, 0.3) is 5.56 Å². The predicted molar refractivity (Wildman–Crippen MR) is 136 cm³/mol. The molecule has 1 unspecified atom stereocenters. The average Bonchev–Trinajstić information content (AvgIpc) is 3.29. The van der Waals surface area contributed by atoms with Crippen LogP contribution in [0, 0.1) is 6.92 Å². The molecule has 3 heterocycles. The first-order valence-electron chi connectivity index (χ1n) is 10.7. The van der Waals surface area contributed by atoms with Crippen LogP contribution in [0.25, 0.3) is 16.6 Å². The molecule has 1 aliphatic heterocycles. The molecular formula is C25H22ClN3O2S2. The highest BCUT2D eigenvalue weighted by Gasteiger charge is 2.28. The van der Waals surface area contributed by atoms with E-state index < -0.39 is 5.25 Å². The lowest BCUT2D eigenvalue weighted by atomic mass is 10.1. The second kappa shape index (κ2) is 8.97. The van der Waals surface area contributed by atoms with Crippen molar-refractivity contribution in [3.8, 4) is 5.69 Å². The number of nitrogens with zero attached hydrogens (tertiary/aromatic N) is 3. The molecule has 2 aromatic heterocycles. The molecule has 4 aromatic rings. The third kappa shape index (κ3) is 4.09. The van der Waals surface area contributed by atoms with Gasteiger partial charge in [-0.25, -0.2) is 4.98 Å². The smallest absolute Gasteiger partial charge is 0.266 e. The van der Waals surface area contributed by atoms with Gasteiger partial charge in [0.2, 0.25) is 5.91 Å². The van der Waals surface area contributed by atoms with E-state index in [-0.39, 0.29) is 11.5 Å². The minimum absolute atomic E-state index is 0.0497. The van der Waals surface area contributed by atoms with Gasteiger partial charge in [0.15, 0.2) is 5.16 Å². The highest BCUT2D eigenvalue weighted by molar-refractivity contribution is 8.00. The van der Waals surface area contributed by atoms with E-state index in [2.05, 4.69) is 11.4 Å². The SMILES string of the molecule is Cc1c(Cl)cccc1-n1c(SC(C)C(=O)N2CCc3sccc3C2)nc2ccccc2c1=O.